The van der Waals surface area contributed by atoms with Gasteiger partial charge in [-0.3, -0.25) is 9.79 Å². The quantitative estimate of drug-likeness (QED) is 0.798. The van der Waals surface area contributed by atoms with Gasteiger partial charge in [-0.25, -0.2) is 0 Å². The third-order valence-corrected chi connectivity index (χ3v) is 5.22. The Kier molecular flexibility index (Phi) is 5.85. The molecule has 1 unspecified atom stereocenters. The molecule has 1 atom stereocenters. The minimum absolute atomic E-state index is 0.143. The summed E-state index contributed by atoms with van der Waals surface area (Å²) in [6, 6.07) is 1.78. The van der Waals surface area contributed by atoms with E-state index in [0.717, 1.165) is 17.7 Å². The van der Waals surface area contributed by atoms with Gasteiger partial charge in [-0.15, -0.1) is 0 Å². The van der Waals surface area contributed by atoms with Crippen molar-refractivity contribution in [2.45, 2.75) is 25.8 Å². The van der Waals surface area contributed by atoms with Gasteiger partial charge in [0.05, 0.1) is 11.1 Å². The maximum absolute atomic E-state index is 11.9. The zero-order valence-corrected chi connectivity index (χ0v) is 15.0. The van der Waals surface area contributed by atoms with Crippen molar-refractivity contribution in [3.8, 4) is 0 Å². The summed E-state index contributed by atoms with van der Waals surface area (Å²) in [4.78, 5) is 16.5. The minimum Gasteiger partial charge on any atom is -0.379 e. The summed E-state index contributed by atoms with van der Waals surface area (Å²) in [6.07, 6.45) is 6.62. The molecule has 0 aliphatic carbocycles. The number of hydrogen-bond donors (Lipinski definition) is 2. The fourth-order valence-electron chi connectivity index (χ4n) is 2.11. The largest absolute Gasteiger partial charge is 0.379 e. The third kappa shape index (κ3) is 4.84. The number of carbonyl (C=O) groups excluding carboxylic acids is 1. The standard InChI is InChI=1S/C17H21N3OS2/c1-12(17(3)8-10-23-16(18)20-17)5-4-6-13(2)19-15(21)14-7-9-22-11-14/h4-7,9,11H,2,8,10H2,1,3H3,(H2,18,20)(H,19,21)/b6-4-,12-5+. The van der Waals surface area contributed by atoms with Crippen LogP contribution in [0.3, 0.4) is 0 Å². The van der Waals surface area contributed by atoms with Crippen molar-refractivity contribution in [1.29, 1.82) is 0 Å². The Balaban J connectivity index is 1.95. The average molecular weight is 348 g/mol. The van der Waals surface area contributed by atoms with Crippen molar-refractivity contribution in [2.75, 3.05) is 5.75 Å². The molecule has 2 heterocycles. The summed E-state index contributed by atoms with van der Waals surface area (Å²) < 4.78 is 0. The van der Waals surface area contributed by atoms with E-state index in [1.54, 1.807) is 29.3 Å². The highest BCUT2D eigenvalue weighted by Gasteiger charge is 2.28. The first kappa shape index (κ1) is 17.6. The van der Waals surface area contributed by atoms with Gasteiger partial charge in [-0.05, 0) is 43.4 Å². The first-order valence-corrected chi connectivity index (χ1v) is 9.19. The Hall–Kier alpha value is -1.79. The molecule has 3 N–H and O–H groups in total. The van der Waals surface area contributed by atoms with Gasteiger partial charge in [0.15, 0.2) is 5.17 Å². The van der Waals surface area contributed by atoms with E-state index in [1.165, 1.54) is 11.3 Å². The predicted molar refractivity (Wildman–Crippen MR) is 101 cm³/mol. The molecular formula is C17H21N3OS2. The number of rotatable bonds is 5. The molecule has 0 saturated carbocycles. The number of amides is 1. The molecule has 122 valence electrons. The summed E-state index contributed by atoms with van der Waals surface area (Å²) in [6.45, 7) is 7.98. The van der Waals surface area contributed by atoms with E-state index in [9.17, 15) is 4.79 Å². The Labute approximate surface area is 145 Å². The molecule has 0 spiro atoms. The summed E-state index contributed by atoms with van der Waals surface area (Å²) in [5, 5.41) is 7.08. The summed E-state index contributed by atoms with van der Waals surface area (Å²) in [7, 11) is 0. The SMILES string of the molecule is C=C(/C=C\C=C(/C)C1(C)CCSC(N)=N1)NC(=O)c1ccsc1. The van der Waals surface area contributed by atoms with Gasteiger partial charge in [0, 0.05) is 16.8 Å². The van der Waals surface area contributed by atoms with E-state index >= 15 is 0 Å². The second-order valence-corrected chi connectivity index (χ2v) is 7.42. The third-order valence-electron chi connectivity index (χ3n) is 3.75. The molecule has 23 heavy (non-hydrogen) atoms. The Morgan fingerprint density at radius 2 is 2.35 bits per heavy atom. The molecule has 2 rings (SSSR count). The molecule has 1 aliphatic rings. The van der Waals surface area contributed by atoms with Gasteiger partial charge >= 0.3 is 0 Å². The van der Waals surface area contributed by atoms with Gasteiger partial charge in [0.1, 0.15) is 0 Å². The molecule has 6 heteroatoms. The number of thiophene rings is 1. The van der Waals surface area contributed by atoms with Crippen molar-refractivity contribution in [2.24, 2.45) is 10.7 Å². The van der Waals surface area contributed by atoms with Crippen molar-refractivity contribution in [3.05, 3.63) is 58.5 Å². The molecule has 1 aromatic heterocycles. The van der Waals surface area contributed by atoms with Crippen molar-refractivity contribution in [3.63, 3.8) is 0 Å². The number of thioether (sulfide) groups is 1. The monoisotopic (exact) mass is 347 g/mol. The second kappa shape index (κ2) is 7.66. The van der Waals surface area contributed by atoms with Crippen LogP contribution in [0.1, 0.15) is 30.6 Å². The van der Waals surface area contributed by atoms with Crippen LogP contribution in [0.2, 0.25) is 0 Å². The van der Waals surface area contributed by atoms with Gasteiger partial charge in [0.25, 0.3) is 5.91 Å². The second-order valence-electron chi connectivity index (χ2n) is 5.52. The molecule has 0 saturated heterocycles. The van der Waals surface area contributed by atoms with Crippen molar-refractivity contribution >= 4 is 34.2 Å². The first-order valence-electron chi connectivity index (χ1n) is 7.27. The van der Waals surface area contributed by atoms with E-state index in [4.69, 9.17) is 5.73 Å². The first-order chi connectivity index (χ1) is 10.9. The Morgan fingerprint density at radius 1 is 1.57 bits per heavy atom. The van der Waals surface area contributed by atoms with Crippen LogP contribution in [0.15, 0.2) is 57.9 Å². The van der Waals surface area contributed by atoms with Crippen LogP contribution in [0.25, 0.3) is 0 Å². The number of nitrogens with two attached hydrogens (primary N) is 1. The lowest BCUT2D eigenvalue weighted by Gasteiger charge is -2.30. The average Bonchev–Trinajstić information content (AvgIpc) is 3.01. The lowest BCUT2D eigenvalue weighted by molar-refractivity contribution is 0.0968. The van der Waals surface area contributed by atoms with Crippen molar-refractivity contribution < 1.29 is 4.79 Å². The highest BCUT2D eigenvalue weighted by molar-refractivity contribution is 8.13. The van der Waals surface area contributed by atoms with E-state index in [1.807, 2.05) is 24.5 Å². The molecule has 0 radical (unpaired) electrons. The number of carbonyl (C=O) groups is 1. The van der Waals surface area contributed by atoms with Crippen LogP contribution in [0, 0.1) is 0 Å². The molecule has 0 bridgehead atoms. The smallest absolute Gasteiger partial charge is 0.256 e. The van der Waals surface area contributed by atoms with E-state index in [-0.39, 0.29) is 11.4 Å². The van der Waals surface area contributed by atoms with Crippen LogP contribution in [-0.4, -0.2) is 22.4 Å². The summed E-state index contributed by atoms with van der Waals surface area (Å²) in [5.74, 6) is 0.833. The Morgan fingerprint density at radius 3 is 3.00 bits per heavy atom. The summed E-state index contributed by atoms with van der Waals surface area (Å²) >= 11 is 3.08. The molecule has 1 amide bonds. The van der Waals surface area contributed by atoms with E-state index < -0.39 is 0 Å². The zero-order valence-electron chi connectivity index (χ0n) is 13.3. The van der Waals surface area contributed by atoms with Gasteiger partial charge in [-0.1, -0.05) is 30.5 Å². The minimum atomic E-state index is -0.249. The highest BCUT2D eigenvalue weighted by Crippen LogP contribution is 2.31. The zero-order chi connectivity index (χ0) is 16.9. The van der Waals surface area contributed by atoms with Gasteiger partial charge in [-0.2, -0.15) is 11.3 Å². The fraction of sp³-hybridized carbons (Fsp3) is 0.294. The van der Waals surface area contributed by atoms with Crippen LogP contribution in [0.4, 0.5) is 0 Å². The van der Waals surface area contributed by atoms with Crippen molar-refractivity contribution in [1.82, 2.24) is 5.32 Å². The predicted octanol–water partition coefficient (Wildman–Crippen LogP) is 3.70. The fourth-order valence-corrected chi connectivity index (χ4v) is 3.72. The maximum Gasteiger partial charge on any atom is 0.256 e. The topological polar surface area (TPSA) is 67.5 Å². The number of amidine groups is 1. The van der Waals surface area contributed by atoms with Crippen LogP contribution < -0.4 is 11.1 Å². The molecule has 4 nitrogen and oxygen atoms in total. The molecular weight excluding hydrogens is 326 g/mol. The highest BCUT2D eigenvalue weighted by atomic mass is 32.2. The maximum atomic E-state index is 11.9. The number of nitrogens with zero attached hydrogens (tertiary/aromatic N) is 1. The number of aliphatic imine (C=N–C) groups is 1. The molecule has 1 aromatic rings. The lowest BCUT2D eigenvalue weighted by Crippen LogP contribution is -2.31. The van der Waals surface area contributed by atoms with Crippen LogP contribution >= 0.6 is 23.1 Å². The summed E-state index contributed by atoms with van der Waals surface area (Å²) in [5.41, 5.74) is 7.92. The number of nitrogens with one attached hydrogen (secondary N) is 1. The van der Waals surface area contributed by atoms with E-state index in [0.29, 0.717) is 16.4 Å². The van der Waals surface area contributed by atoms with Gasteiger partial charge < -0.3 is 11.1 Å². The van der Waals surface area contributed by atoms with Crippen LogP contribution in [0.5, 0.6) is 0 Å². The van der Waals surface area contributed by atoms with Gasteiger partial charge in [0.2, 0.25) is 0 Å². The van der Waals surface area contributed by atoms with Crippen LogP contribution in [-0.2, 0) is 0 Å². The molecule has 1 aliphatic heterocycles. The molecule has 0 aromatic carbocycles. The number of hydrogen-bond acceptors (Lipinski definition) is 5. The molecule has 0 fully saturated rings. The normalized spacial score (nSPS) is 22.0. The number of allylic oxidation sites excluding steroid dienone is 3. The Bertz CT molecular complexity index is 674. The lowest BCUT2D eigenvalue weighted by atomic mass is 9.90. The van der Waals surface area contributed by atoms with E-state index in [2.05, 4.69) is 23.8 Å².